The Labute approximate surface area is 161 Å². The van der Waals surface area contributed by atoms with Gasteiger partial charge in [0, 0.05) is 32.8 Å². The van der Waals surface area contributed by atoms with Gasteiger partial charge in [-0.2, -0.15) is 4.68 Å². The van der Waals surface area contributed by atoms with Crippen molar-refractivity contribution < 1.29 is 9.53 Å². The molecule has 9 nitrogen and oxygen atoms in total. The molecule has 2 saturated heterocycles. The van der Waals surface area contributed by atoms with Gasteiger partial charge in [0.05, 0.1) is 5.69 Å². The molecule has 28 heavy (non-hydrogen) atoms. The Morgan fingerprint density at radius 1 is 1.07 bits per heavy atom. The largest absolute Gasteiger partial charge is 0.368 e. The van der Waals surface area contributed by atoms with E-state index in [1.165, 1.54) is 0 Å². The lowest BCUT2D eigenvalue weighted by atomic mass is 10.2. The van der Waals surface area contributed by atoms with Gasteiger partial charge in [-0.05, 0) is 25.0 Å². The SMILES string of the molecule is O=C(C1CCCO1)N1CCN(c2ncnc3c2nnn3-c2ccccc2)CC1. The second-order valence-corrected chi connectivity index (χ2v) is 7.02. The average molecular weight is 379 g/mol. The first-order valence-electron chi connectivity index (χ1n) is 9.58. The lowest BCUT2D eigenvalue weighted by Gasteiger charge is -2.36. The van der Waals surface area contributed by atoms with Crippen molar-refractivity contribution in [2.75, 3.05) is 37.7 Å². The van der Waals surface area contributed by atoms with Crippen LogP contribution in [0.1, 0.15) is 12.8 Å². The number of benzene rings is 1. The number of nitrogens with zero attached hydrogens (tertiary/aromatic N) is 7. The van der Waals surface area contributed by atoms with Crippen molar-refractivity contribution in [3.63, 3.8) is 0 Å². The number of hydrogen-bond acceptors (Lipinski definition) is 7. The zero-order valence-corrected chi connectivity index (χ0v) is 15.4. The molecule has 2 aromatic heterocycles. The molecule has 1 aromatic carbocycles. The van der Waals surface area contributed by atoms with Crippen molar-refractivity contribution in [3.8, 4) is 5.69 Å². The molecule has 2 aliphatic rings. The zero-order chi connectivity index (χ0) is 18.9. The molecular weight excluding hydrogens is 358 g/mol. The predicted octanol–water partition coefficient (Wildman–Crippen LogP) is 1.04. The van der Waals surface area contributed by atoms with E-state index in [0.717, 1.165) is 24.3 Å². The van der Waals surface area contributed by atoms with Gasteiger partial charge >= 0.3 is 0 Å². The van der Waals surface area contributed by atoms with Crippen LogP contribution in [0.2, 0.25) is 0 Å². The summed E-state index contributed by atoms with van der Waals surface area (Å²) in [6, 6.07) is 9.79. The number of amides is 1. The van der Waals surface area contributed by atoms with Crippen LogP contribution in [-0.2, 0) is 9.53 Å². The number of fused-ring (bicyclic) bond motifs is 1. The fourth-order valence-electron chi connectivity index (χ4n) is 3.83. The van der Waals surface area contributed by atoms with Crippen LogP contribution in [0.4, 0.5) is 5.82 Å². The number of carbonyl (C=O) groups excluding carboxylic acids is 1. The third-order valence-corrected chi connectivity index (χ3v) is 5.32. The first-order chi connectivity index (χ1) is 13.8. The molecule has 0 aliphatic carbocycles. The van der Waals surface area contributed by atoms with Crippen LogP contribution in [0.5, 0.6) is 0 Å². The Balaban J connectivity index is 1.36. The molecular formula is C19H21N7O2. The molecule has 9 heteroatoms. The number of anilines is 1. The maximum atomic E-state index is 12.5. The Bertz CT molecular complexity index is 976. The first kappa shape index (κ1) is 17.1. The number of aromatic nitrogens is 5. The van der Waals surface area contributed by atoms with Crippen molar-refractivity contribution in [2.45, 2.75) is 18.9 Å². The minimum atomic E-state index is -0.261. The monoisotopic (exact) mass is 379 g/mol. The number of para-hydroxylation sites is 1. The Kier molecular flexibility index (Phi) is 4.36. The van der Waals surface area contributed by atoms with Crippen molar-refractivity contribution in [1.29, 1.82) is 0 Å². The van der Waals surface area contributed by atoms with Gasteiger partial charge in [0.2, 0.25) is 0 Å². The zero-order valence-electron chi connectivity index (χ0n) is 15.4. The summed E-state index contributed by atoms with van der Waals surface area (Å²) < 4.78 is 7.26. The topological polar surface area (TPSA) is 89.3 Å². The van der Waals surface area contributed by atoms with E-state index in [2.05, 4.69) is 25.2 Å². The van der Waals surface area contributed by atoms with E-state index in [4.69, 9.17) is 4.74 Å². The smallest absolute Gasteiger partial charge is 0.251 e. The van der Waals surface area contributed by atoms with E-state index in [1.54, 1.807) is 11.0 Å². The summed E-state index contributed by atoms with van der Waals surface area (Å²) in [5.74, 6) is 0.872. The highest BCUT2D eigenvalue weighted by Gasteiger charge is 2.31. The first-order valence-corrected chi connectivity index (χ1v) is 9.58. The molecule has 2 fully saturated rings. The van der Waals surface area contributed by atoms with Crippen LogP contribution in [-0.4, -0.2) is 74.7 Å². The maximum Gasteiger partial charge on any atom is 0.251 e. The van der Waals surface area contributed by atoms with Gasteiger partial charge in [0.15, 0.2) is 17.0 Å². The lowest BCUT2D eigenvalue weighted by molar-refractivity contribution is -0.141. The van der Waals surface area contributed by atoms with Crippen LogP contribution in [0.3, 0.4) is 0 Å². The third-order valence-electron chi connectivity index (χ3n) is 5.32. The van der Waals surface area contributed by atoms with Crippen LogP contribution in [0.25, 0.3) is 16.9 Å². The molecule has 144 valence electrons. The van der Waals surface area contributed by atoms with E-state index < -0.39 is 0 Å². The molecule has 1 amide bonds. The van der Waals surface area contributed by atoms with Crippen molar-refractivity contribution in [2.24, 2.45) is 0 Å². The number of ether oxygens (including phenoxy) is 1. The molecule has 1 unspecified atom stereocenters. The maximum absolute atomic E-state index is 12.5. The van der Waals surface area contributed by atoms with E-state index in [9.17, 15) is 4.79 Å². The number of hydrogen-bond donors (Lipinski definition) is 0. The second kappa shape index (κ2) is 7.16. The fourth-order valence-corrected chi connectivity index (χ4v) is 3.83. The van der Waals surface area contributed by atoms with Gasteiger partial charge in [-0.15, -0.1) is 5.10 Å². The summed E-state index contributed by atoms with van der Waals surface area (Å²) in [4.78, 5) is 25.4. The predicted molar refractivity (Wildman–Crippen MR) is 102 cm³/mol. The van der Waals surface area contributed by atoms with Crippen LogP contribution >= 0.6 is 0 Å². The van der Waals surface area contributed by atoms with Gasteiger partial charge in [-0.1, -0.05) is 23.4 Å². The minimum absolute atomic E-state index is 0.111. The summed E-state index contributed by atoms with van der Waals surface area (Å²) in [5.41, 5.74) is 2.25. The molecule has 0 saturated carbocycles. The lowest BCUT2D eigenvalue weighted by Crippen LogP contribution is -2.51. The summed E-state index contributed by atoms with van der Waals surface area (Å²) in [6.07, 6.45) is 3.08. The normalized spacial score (nSPS) is 20.1. The molecule has 1 atom stereocenters. The summed E-state index contributed by atoms with van der Waals surface area (Å²) in [6.45, 7) is 3.38. The number of piperazine rings is 1. The fraction of sp³-hybridized carbons (Fsp3) is 0.421. The van der Waals surface area contributed by atoms with Crippen molar-refractivity contribution in [1.82, 2.24) is 29.9 Å². The van der Waals surface area contributed by atoms with Gasteiger partial charge in [0.25, 0.3) is 5.91 Å². The van der Waals surface area contributed by atoms with Gasteiger partial charge < -0.3 is 14.5 Å². The molecule has 4 heterocycles. The number of rotatable bonds is 3. The summed E-state index contributed by atoms with van der Waals surface area (Å²) in [7, 11) is 0. The Morgan fingerprint density at radius 2 is 1.89 bits per heavy atom. The average Bonchev–Trinajstić information content (AvgIpc) is 3.44. The van der Waals surface area contributed by atoms with E-state index in [1.807, 2.05) is 35.2 Å². The van der Waals surface area contributed by atoms with E-state index in [-0.39, 0.29) is 12.0 Å². The molecule has 0 N–H and O–H groups in total. The highest BCUT2D eigenvalue weighted by molar-refractivity contribution is 5.84. The van der Waals surface area contributed by atoms with E-state index >= 15 is 0 Å². The quantitative estimate of drug-likeness (QED) is 0.672. The van der Waals surface area contributed by atoms with Crippen molar-refractivity contribution >= 4 is 22.9 Å². The van der Waals surface area contributed by atoms with Crippen molar-refractivity contribution in [3.05, 3.63) is 36.7 Å². The van der Waals surface area contributed by atoms with Crippen LogP contribution < -0.4 is 4.90 Å². The molecule has 5 rings (SSSR count). The number of carbonyl (C=O) groups is 1. The molecule has 0 radical (unpaired) electrons. The Morgan fingerprint density at radius 3 is 2.64 bits per heavy atom. The van der Waals surface area contributed by atoms with Crippen LogP contribution in [0, 0.1) is 0 Å². The van der Waals surface area contributed by atoms with Gasteiger partial charge in [-0.3, -0.25) is 4.79 Å². The van der Waals surface area contributed by atoms with E-state index in [0.29, 0.717) is 43.9 Å². The minimum Gasteiger partial charge on any atom is -0.368 e. The van der Waals surface area contributed by atoms with Gasteiger partial charge in [0.1, 0.15) is 12.4 Å². The summed E-state index contributed by atoms with van der Waals surface area (Å²) in [5, 5.41) is 8.61. The summed E-state index contributed by atoms with van der Waals surface area (Å²) >= 11 is 0. The highest BCUT2D eigenvalue weighted by atomic mass is 16.5. The van der Waals surface area contributed by atoms with Crippen LogP contribution in [0.15, 0.2) is 36.7 Å². The Hall–Kier alpha value is -3.07. The second-order valence-electron chi connectivity index (χ2n) is 7.02. The molecule has 2 aliphatic heterocycles. The third kappa shape index (κ3) is 2.97. The molecule has 0 bridgehead atoms. The van der Waals surface area contributed by atoms with Gasteiger partial charge in [-0.25, -0.2) is 9.97 Å². The molecule has 3 aromatic rings. The molecule has 0 spiro atoms. The standard InChI is InChI=1S/C19H21N7O2/c27-19(15-7-4-12-28-15)25-10-8-24(9-11-25)17-16-18(21-13-20-17)26(23-22-16)14-5-2-1-3-6-14/h1-3,5-6,13,15H,4,7-12H2. The highest BCUT2D eigenvalue weighted by Crippen LogP contribution is 2.24.